The lowest BCUT2D eigenvalue weighted by Crippen LogP contribution is -2.65. The summed E-state index contributed by atoms with van der Waals surface area (Å²) in [4.78, 5) is 119. The van der Waals surface area contributed by atoms with Gasteiger partial charge in [-0.2, -0.15) is 0 Å². The molecule has 2 saturated heterocycles. The molecule has 5 aromatic carbocycles. The van der Waals surface area contributed by atoms with Crippen molar-refractivity contribution in [2.75, 3.05) is 33.3 Å². The molecular weight excluding hydrogens is 1520 g/mol. The number of hydrogen-bond acceptors (Lipinski definition) is 26. The average molecular weight is 1630 g/mol. The van der Waals surface area contributed by atoms with Gasteiger partial charge in [0.2, 0.25) is 41.6 Å². The molecule has 2 fully saturated rings. The third-order valence-corrected chi connectivity index (χ3v) is 22.1. The molecule has 18 unspecified atom stereocenters. The van der Waals surface area contributed by atoms with E-state index in [9.17, 15) is 60.3 Å². The Morgan fingerprint density at radius 2 is 1.34 bits per heavy atom. The number of nitrogens with one attached hydrogen (secondary N) is 7. The fourth-order valence-corrected chi connectivity index (χ4v) is 15.7. The summed E-state index contributed by atoms with van der Waals surface area (Å²) in [6, 6.07) is 6.06. The third kappa shape index (κ3) is 20.8. The Kier molecular flexibility index (Phi) is 29.9. The number of ketones is 3. The van der Waals surface area contributed by atoms with Crippen LogP contribution in [-0.2, 0) is 52.6 Å². The maximum absolute atomic E-state index is 16.3. The second-order valence-corrected chi connectivity index (χ2v) is 31.5. The minimum atomic E-state index is -2.17. The van der Waals surface area contributed by atoms with Crippen LogP contribution < -0.4 is 57.2 Å². The van der Waals surface area contributed by atoms with Crippen molar-refractivity contribution in [3.63, 3.8) is 0 Å². The molecule has 7 aliphatic rings. The topological polar surface area (TPSA) is 484 Å². The molecule has 5 aromatic rings. The van der Waals surface area contributed by atoms with Crippen LogP contribution in [0.4, 0.5) is 0 Å². The minimum Gasteiger partial charge on any atom is -0.508 e. The second kappa shape index (κ2) is 38.9. The molecular formula is C81H104Cl2N8O23. The number of halogens is 2. The summed E-state index contributed by atoms with van der Waals surface area (Å²) in [5.74, 6) is -16.6. The molecule has 620 valence electrons. The number of nitrogens with two attached hydrogens (primary N) is 1. The van der Waals surface area contributed by atoms with Gasteiger partial charge in [-0.3, -0.25) is 38.4 Å². The quantitative estimate of drug-likeness (QED) is 0.0284. The molecule has 0 saturated carbocycles. The monoisotopic (exact) mass is 1630 g/mol. The number of benzene rings is 5. The van der Waals surface area contributed by atoms with E-state index in [0.29, 0.717) is 13.1 Å². The Morgan fingerprint density at radius 3 is 1.96 bits per heavy atom. The van der Waals surface area contributed by atoms with Crippen molar-refractivity contribution in [3.05, 3.63) is 117 Å². The third-order valence-electron chi connectivity index (χ3n) is 21.5. The Balaban J connectivity index is 1.15. The van der Waals surface area contributed by atoms with Gasteiger partial charge in [0.05, 0.1) is 46.7 Å². The van der Waals surface area contributed by atoms with Crippen molar-refractivity contribution >= 4 is 70.1 Å². The van der Waals surface area contributed by atoms with Gasteiger partial charge in [0.25, 0.3) is 0 Å². The number of fused-ring (bicyclic) bond motifs is 15. The Hall–Kier alpha value is -8.64. The number of Topliss-reactive ketones (excluding diaryl/α,β-unsaturated/α-hetero) is 3. The van der Waals surface area contributed by atoms with Crippen molar-refractivity contribution in [1.82, 2.24) is 37.2 Å². The summed E-state index contributed by atoms with van der Waals surface area (Å²) in [5.41, 5.74) is 3.01. The first-order valence-corrected chi connectivity index (χ1v) is 39.3. The smallest absolute Gasteiger partial charge is 0.246 e. The van der Waals surface area contributed by atoms with E-state index in [1.165, 1.54) is 81.6 Å². The van der Waals surface area contributed by atoms with Gasteiger partial charge in [-0.1, -0.05) is 107 Å². The molecule has 0 radical (unpaired) electrons. The zero-order valence-electron chi connectivity index (χ0n) is 64.5. The summed E-state index contributed by atoms with van der Waals surface area (Å²) in [7, 11) is 1.51. The lowest BCUT2D eigenvalue weighted by molar-refractivity contribution is -0.334. The Labute approximate surface area is 669 Å². The van der Waals surface area contributed by atoms with Crippen LogP contribution in [0.15, 0.2) is 78.9 Å². The molecule has 11 bridgehead atoms. The summed E-state index contributed by atoms with van der Waals surface area (Å²) < 4.78 is 39.6. The average Bonchev–Trinajstić information content (AvgIpc) is 0.772. The number of aromatic hydroxyl groups is 3. The number of likely N-dealkylation sites (N-methyl/N-ethyl adjacent to an activating group) is 1. The highest BCUT2D eigenvalue weighted by molar-refractivity contribution is 6.32. The lowest BCUT2D eigenvalue weighted by atomic mass is 9.84. The van der Waals surface area contributed by atoms with Crippen molar-refractivity contribution in [3.8, 4) is 57.1 Å². The van der Waals surface area contributed by atoms with E-state index in [1.54, 1.807) is 13.8 Å². The predicted octanol–water partition coefficient (Wildman–Crippen LogP) is 5.95. The van der Waals surface area contributed by atoms with Gasteiger partial charge in [0, 0.05) is 61.5 Å². The van der Waals surface area contributed by atoms with E-state index in [4.69, 9.17) is 57.4 Å². The zero-order chi connectivity index (χ0) is 82.7. The maximum atomic E-state index is 16.3. The molecule has 0 aliphatic carbocycles. The normalized spacial score (nSPS) is 27.6. The number of phenolic OH excluding ortho intramolecular Hbond substituents is 3. The fraction of sp³-hybridized carbons (Fsp3) is 0.531. The minimum absolute atomic E-state index is 0.0709. The van der Waals surface area contributed by atoms with Gasteiger partial charge in [-0.05, 0) is 136 Å². The standard InChI is InChI=1S/C81H104Cl2N8O23/c1-8-9-10-11-12-13-14-15-22-86-23-24-87-81(6)36-63(109-40(5)75(81)104)113-74-72(103)71(102)61(37-92)112-80(74)114-73-59-30-44-31-60(73)111-58-21-18-43(28-51(58)83)70(101)68-79(108)88-65(39(4)93)49-33-46(94)34-54(96)64(49)48-26-41(16-19-53(48)95)47(77(106)91-68)35-56(98)66(44)89-76(105)45(32-62(84)99)29-55(97)67(90-78(107)52(85-7)25-38(2)3)69(100)42-17-20-57(110-59)50(82)27-42/h16-21,26-28,30-31,33-34,38,40,45,47,52,61,63,65-72,74-75,80,85-87,92,94-96,100-104H,8-15,22-25,29,32,35-37H2,1-7H3,(H2,84,99)(H,88,108)(H,89,105)(H,90,107)(H,91,106). The van der Waals surface area contributed by atoms with E-state index in [0.717, 1.165) is 69.1 Å². The molecule has 0 aromatic heterocycles. The highest BCUT2D eigenvalue weighted by Crippen LogP contribution is 2.51. The van der Waals surface area contributed by atoms with Crippen molar-refractivity contribution in [2.24, 2.45) is 17.6 Å². The van der Waals surface area contributed by atoms with Gasteiger partial charge in [-0.25, -0.2) is 0 Å². The molecule has 7 heterocycles. The molecule has 33 heteroatoms. The van der Waals surface area contributed by atoms with Gasteiger partial charge >= 0.3 is 0 Å². The van der Waals surface area contributed by atoms with Crippen LogP contribution in [0.2, 0.25) is 10.0 Å². The van der Waals surface area contributed by atoms with Crippen LogP contribution in [0.5, 0.6) is 46.0 Å². The predicted molar refractivity (Wildman–Crippen MR) is 414 cm³/mol. The van der Waals surface area contributed by atoms with Gasteiger partial charge < -0.3 is 117 Å². The molecule has 0 spiro atoms. The number of unbranched alkanes of at least 4 members (excludes halogenated alkanes) is 7. The first-order chi connectivity index (χ1) is 54.2. The number of primary amides is 1. The SMILES string of the molecule is CCCCCCCCCCNCCNC1(C)CC(OC2C(Oc3c4cc5cc3Oc3ccc(cc3Cl)C(O)C3NC(=O)C(CC(=O)C5NC(=O)C(CC(N)=O)CC(=O)C(NC(=O)C(CC(C)C)NC)C(O)c5ccc(c(Cl)c5)O4)c4ccc(O)c(c4)-c4c(O)cc(O)cc4C(C(C)=O)NC3=O)OC(CO)C(O)C2O)OC(C)C1O. The molecule has 12 rings (SSSR count). The lowest BCUT2D eigenvalue weighted by Gasteiger charge is -2.48. The second-order valence-electron chi connectivity index (χ2n) is 30.6. The molecule has 5 amide bonds. The van der Waals surface area contributed by atoms with Crippen molar-refractivity contribution < 1.29 is 113 Å². The summed E-state index contributed by atoms with van der Waals surface area (Å²) in [5, 5.41) is 125. The van der Waals surface area contributed by atoms with Crippen LogP contribution >= 0.6 is 23.2 Å². The first-order valence-electron chi connectivity index (χ1n) is 38.6. The highest BCUT2D eigenvalue weighted by Gasteiger charge is 2.52. The van der Waals surface area contributed by atoms with Crippen molar-refractivity contribution in [2.45, 2.75) is 228 Å². The largest absolute Gasteiger partial charge is 0.508 e. The molecule has 7 aliphatic heterocycles. The van der Waals surface area contributed by atoms with Gasteiger partial charge in [0.1, 0.15) is 83.4 Å². The van der Waals surface area contributed by atoms with Crippen LogP contribution in [-0.4, -0.2) is 199 Å². The number of carbonyl (C=O) groups is 8. The Morgan fingerprint density at radius 1 is 0.702 bits per heavy atom. The summed E-state index contributed by atoms with van der Waals surface area (Å²) >= 11 is 14.4. The molecule has 31 nitrogen and oxygen atoms in total. The molecule has 18 atom stereocenters. The summed E-state index contributed by atoms with van der Waals surface area (Å²) in [6.45, 7) is 11.1. The zero-order valence-corrected chi connectivity index (χ0v) is 66.0. The maximum Gasteiger partial charge on any atom is 0.246 e. The first kappa shape index (κ1) is 87.7. The van der Waals surface area contributed by atoms with E-state index in [-0.39, 0.29) is 79.2 Å². The van der Waals surface area contributed by atoms with Crippen LogP contribution in [0.1, 0.15) is 183 Å². The fourth-order valence-electron chi connectivity index (χ4n) is 15.2. The molecule has 114 heavy (non-hydrogen) atoms. The van der Waals surface area contributed by atoms with E-state index >= 15 is 24.0 Å². The number of ether oxygens (including phenoxy) is 6. The van der Waals surface area contributed by atoms with E-state index < -0.39 is 216 Å². The number of aliphatic hydroxyl groups excluding tert-OH is 6. The number of hydrogen-bond donors (Lipinski definition) is 17. The van der Waals surface area contributed by atoms with Gasteiger partial charge in [-0.15, -0.1) is 0 Å². The van der Waals surface area contributed by atoms with E-state index in [2.05, 4.69) is 44.1 Å². The van der Waals surface area contributed by atoms with E-state index in [1.807, 2.05) is 13.8 Å². The number of rotatable bonds is 26. The number of aliphatic hydroxyl groups is 6. The number of amides is 5. The number of phenols is 3. The van der Waals surface area contributed by atoms with Crippen LogP contribution in [0.25, 0.3) is 11.1 Å². The molecule has 18 N–H and O–H groups in total. The Bertz CT molecular complexity index is 4330. The van der Waals surface area contributed by atoms with Crippen LogP contribution in [0.3, 0.4) is 0 Å². The highest BCUT2D eigenvalue weighted by atomic mass is 35.5. The van der Waals surface area contributed by atoms with Crippen molar-refractivity contribution in [1.29, 1.82) is 0 Å². The van der Waals surface area contributed by atoms with Crippen LogP contribution in [0, 0.1) is 11.8 Å². The number of carbonyl (C=O) groups excluding carboxylic acids is 8. The van der Waals surface area contributed by atoms with Gasteiger partial charge in [0.15, 0.2) is 41.2 Å². The summed E-state index contributed by atoms with van der Waals surface area (Å²) in [6.07, 6.45) is -10.4.